The summed E-state index contributed by atoms with van der Waals surface area (Å²) in [6.07, 6.45) is 1.10. The molecule has 2 rings (SSSR count). The van der Waals surface area contributed by atoms with Gasteiger partial charge in [0.2, 0.25) is 0 Å². The van der Waals surface area contributed by atoms with E-state index in [4.69, 9.17) is 5.73 Å². The van der Waals surface area contributed by atoms with Gasteiger partial charge in [-0.2, -0.15) is 8.96 Å². The van der Waals surface area contributed by atoms with Gasteiger partial charge in [0.1, 0.15) is 5.82 Å². The van der Waals surface area contributed by atoms with E-state index in [1.54, 1.807) is 12.1 Å². The van der Waals surface area contributed by atoms with Gasteiger partial charge < -0.3 is 5.73 Å². The third-order valence-corrected chi connectivity index (χ3v) is 4.04. The molecular formula is C11H11N3O3S. The number of benzene rings is 1. The number of rotatable bonds is 2. The summed E-state index contributed by atoms with van der Waals surface area (Å²) in [7, 11) is -3.92. The molecule has 1 aromatic carbocycles. The maximum atomic E-state index is 12.2. The van der Waals surface area contributed by atoms with Gasteiger partial charge in [-0.05, 0) is 25.1 Å². The van der Waals surface area contributed by atoms with Crippen LogP contribution in [0.1, 0.15) is 5.56 Å². The Balaban J connectivity index is 2.62. The largest absolute Gasteiger partial charge is 0.383 e. The molecule has 0 atom stereocenters. The summed E-state index contributed by atoms with van der Waals surface area (Å²) < 4.78 is 24.9. The minimum atomic E-state index is -3.92. The van der Waals surface area contributed by atoms with Crippen LogP contribution in [-0.2, 0) is 10.0 Å². The lowest BCUT2D eigenvalue weighted by atomic mass is 10.2. The summed E-state index contributed by atoms with van der Waals surface area (Å²) in [5.41, 5.74) is 5.32. The molecule has 0 spiro atoms. The second-order valence-corrected chi connectivity index (χ2v) is 5.56. The minimum absolute atomic E-state index is 0.0182. The summed E-state index contributed by atoms with van der Waals surface area (Å²) in [4.78, 5) is 14.9. The van der Waals surface area contributed by atoms with Crippen molar-refractivity contribution in [3.8, 4) is 0 Å². The fourth-order valence-electron chi connectivity index (χ4n) is 1.41. The molecule has 0 amide bonds. The monoisotopic (exact) mass is 265 g/mol. The number of nitrogen functional groups attached to an aromatic ring is 1. The van der Waals surface area contributed by atoms with Crippen molar-refractivity contribution < 1.29 is 8.42 Å². The second kappa shape index (κ2) is 4.26. The Morgan fingerprint density at radius 1 is 1.17 bits per heavy atom. The Bertz CT molecular complexity index is 733. The molecule has 0 saturated heterocycles. The molecule has 0 aliphatic rings. The van der Waals surface area contributed by atoms with E-state index in [1.165, 1.54) is 18.2 Å². The van der Waals surface area contributed by atoms with Crippen molar-refractivity contribution in [2.75, 3.05) is 5.73 Å². The lowest BCUT2D eigenvalue weighted by Crippen LogP contribution is -2.29. The van der Waals surface area contributed by atoms with Crippen LogP contribution in [0, 0.1) is 6.92 Å². The topological polar surface area (TPSA) is 95.1 Å². The maximum absolute atomic E-state index is 12.2. The van der Waals surface area contributed by atoms with E-state index < -0.39 is 15.7 Å². The third-order valence-electron chi connectivity index (χ3n) is 2.37. The zero-order valence-electron chi connectivity index (χ0n) is 9.57. The summed E-state index contributed by atoms with van der Waals surface area (Å²) in [5.74, 6) is -0.0182. The van der Waals surface area contributed by atoms with Crippen molar-refractivity contribution in [1.29, 1.82) is 0 Å². The van der Waals surface area contributed by atoms with Crippen molar-refractivity contribution in [1.82, 2.24) is 8.96 Å². The molecule has 1 heterocycles. The SMILES string of the molecule is Cc1ccc(S(=O)(=O)n2ccc(N)nc2=O)cc1. The van der Waals surface area contributed by atoms with Crippen LogP contribution in [0.3, 0.4) is 0 Å². The minimum Gasteiger partial charge on any atom is -0.383 e. The van der Waals surface area contributed by atoms with E-state index in [-0.39, 0.29) is 10.7 Å². The lowest BCUT2D eigenvalue weighted by molar-refractivity contribution is 0.584. The molecule has 0 radical (unpaired) electrons. The Kier molecular flexibility index (Phi) is 2.92. The highest BCUT2D eigenvalue weighted by atomic mass is 32.2. The molecule has 1 aromatic heterocycles. The van der Waals surface area contributed by atoms with Crippen LogP contribution in [0.25, 0.3) is 0 Å². The van der Waals surface area contributed by atoms with Crippen LogP contribution in [0.5, 0.6) is 0 Å². The van der Waals surface area contributed by atoms with Gasteiger partial charge in [-0.1, -0.05) is 17.7 Å². The van der Waals surface area contributed by atoms with Gasteiger partial charge in [0, 0.05) is 6.20 Å². The summed E-state index contributed by atoms with van der Waals surface area (Å²) in [6.45, 7) is 1.84. The number of anilines is 1. The first kappa shape index (κ1) is 12.3. The van der Waals surface area contributed by atoms with Crippen LogP contribution < -0.4 is 11.4 Å². The molecule has 18 heavy (non-hydrogen) atoms. The standard InChI is InChI=1S/C11H11N3O3S/c1-8-2-4-9(5-3-8)18(16,17)14-7-6-10(12)13-11(14)15/h2-7H,1H3,(H2,12,13,15). The fourth-order valence-corrected chi connectivity index (χ4v) is 2.59. The van der Waals surface area contributed by atoms with Gasteiger partial charge in [-0.25, -0.2) is 13.2 Å². The first-order valence-corrected chi connectivity index (χ1v) is 6.53. The van der Waals surface area contributed by atoms with E-state index in [2.05, 4.69) is 4.98 Å². The van der Waals surface area contributed by atoms with Gasteiger partial charge in [0.05, 0.1) is 4.90 Å². The van der Waals surface area contributed by atoms with E-state index >= 15 is 0 Å². The Morgan fingerprint density at radius 3 is 2.33 bits per heavy atom. The van der Waals surface area contributed by atoms with Crippen molar-refractivity contribution in [3.05, 3.63) is 52.6 Å². The van der Waals surface area contributed by atoms with Crippen LogP contribution in [0.2, 0.25) is 0 Å². The normalized spacial score (nSPS) is 11.4. The van der Waals surface area contributed by atoms with Gasteiger partial charge in [0.25, 0.3) is 10.0 Å². The van der Waals surface area contributed by atoms with Gasteiger partial charge in [-0.3, -0.25) is 0 Å². The first-order chi connectivity index (χ1) is 8.41. The number of aromatic nitrogens is 2. The van der Waals surface area contributed by atoms with E-state index in [0.717, 1.165) is 11.8 Å². The summed E-state index contributed by atoms with van der Waals surface area (Å²) in [5, 5.41) is 0. The van der Waals surface area contributed by atoms with Crippen LogP contribution in [0.4, 0.5) is 5.82 Å². The molecule has 0 fully saturated rings. The highest BCUT2D eigenvalue weighted by molar-refractivity contribution is 7.90. The van der Waals surface area contributed by atoms with Crippen molar-refractivity contribution in [2.24, 2.45) is 0 Å². The zero-order chi connectivity index (χ0) is 13.3. The molecule has 2 aromatic rings. The van der Waals surface area contributed by atoms with Crippen molar-refractivity contribution >= 4 is 15.8 Å². The van der Waals surface area contributed by atoms with E-state index in [0.29, 0.717) is 3.97 Å². The molecule has 94 valence electrons. The predicted molar refractivity (Wildman–Crippen MR) is 66.7 cm³/mol. The van der Waals surface area contributed by atoms with Gasteiger partial charge in [-0.15, -0.1) is 0 Å². The summed E-state index contributed by atoms with van der Waals surface area (Å²) in [6, 6.07) is 7.44. The van der Waals surface area contributed by atoms with E-state index in [1.807, 2.05) is 6.92 Å². The van der Waals surface area contributed by atoms with Gasteiger partial charge >= 0.3 is 5.69 Å². The Labute approximate surface area is 104 Å². The number of nitrogens with two attached hydrogens (primary N) is 1. The second-order valence-electron chi connectivity index (χ2n) is 3.75. The van der Waals surface area contributed by atoms with Crippen LogP contribution >= 0.6 is 0 Å². The molecule has 0 bridgehead atoms. The highest BCUT2D eigenvalue weighted by Crippen LogP contribution is 2.12. The molecule has 0 saturated carbocycles. The average molecular weight is 265 g/mol. The summed E-state index contributed by atoms with van der Waals surface area (Å²) >= 11 is 0. The molecule has 2 N–H and O–H groups in total. The number of hydrogen-bond donors (Lipinski definition) is 1. The maximum Gasteiger partial charge on any atom is 0.363 e. The van der Waals surface area contributed by atoms with Crippen LogP contribution in [-0.4, -0.2) is 17.4 Å². The third kappa shape index (κ3) is 2.12. The molecular weight excluding hydrogens is 254 g/mol. The average Bonchev–Trinajstić information content (AvgIpc) is 2.29. The predicted octanol–water partition coefficient (Wildman–Crippen LogP) is 0.371. The van der Waals surface area contributed by atoms with E-state index in [9.17, 15) is 13.2 Å². The molecule has 0 unspecified atom stereocenters. The zero-order valence-corrected chi connectivity index (χ0v) is 10.4. The quantitative estimate of drug-likeness (QED) is 0.846. The smallest absolute Gasteiger partial charge is 0.363 e. The lowest BCUT2D eigenvalue weighted by Gasteiger charge is -2.07. The first-order valence-electron chi connectivity index (χ1n) is 5.09. The Morgan fingerprint density at radius 2 is 1.78 bits per heavy atom. The van der Waals surface area contributed by atoms with Crippen LogP contribution in [0.15, 0.2) is 46.2 Å². The van der Waals surface area contributed by atoms with Crippen molar-refractivity contribution in [3.63, 3.8) is 0 Å². The number of hydrogen-bond acceptors (Lipinski definition) is 5. The fraction of sp³-hybridized carbons (Fsp3) is 0.0909. The number of nitrogens with zero attached hydrogens (tertiary/aromatic N) is 2. The van der Waals surface area contributed by atoms with Crippen molar-refractivity contribution in [2.45, 2.75) is 11.8 Å². The van der Waals surface area contributed by atoms with Gasteiger partial charge in [0.15, 0.2) is 0 Å². The molecule has 6 nitrogen and oxygen atoms in total. The number of aryl methyl sites for hydroxylation is 1. The highest BCUT2D eigenvalue weighted by Gasteiger charge is 2.18. The molecule has 7 heteroatoms. The Hall–Kier alpha value is -2.15. The molecule has 0 aliphatic heterocycles. The molecule has 0 aliphatic carbocycles.